The third-order valence-corrected chi connectivity index (χ3v) is 3.90. The molecule has 0 atom stereocenters. The number of urea groups is 1. The first-order chi connectivity index (χ1) is 12.5. The van der Waals surface area contributed by atoms with Gasteiger partial charge in [-0.25, -0.2) is 4.79 Å². The molecule has 0 saturated carbocycles. The number of amides is 2. The van der Waals surface area contributed by atoms with Crippen molar-refractivity contribution in [1.82, 2.24) is 10.2 Å². The van der Waals surface area contributed by atoms with Gasteiger partial charge in [0.2, 0.25) is 0 Å². The van der Waals surface area contributed by atoms with Crippen LogP contribution in [0.15, 0.2) is 42.5 Å². The van der Waals surface area contributed by atoms with Gasteiger partial charge in [0, 0.05) is 19.2 Å². The monoisotopic (exact) mass is 377 g/mol. The van der Waals surface area contributed by atoms with E-state index >= 15 is 0 Å². The molecule has 6 nitrogen and oxygen atoms in total. The van der Waals surface area contributed by atoms with Crippen molar-refractivity contribution < 1.29 is 14.3 Å². The Balaban J connectivity index is 1.85. The zero-order valence-electron chi connectivity index (χ0n) is 15.2. The number of carbonyl (C=O) groups excluding carboxylic acids is 1. The molecule has 2 aromatic carbocycles. The molecule has 7 heteroatoms. The highest BCUT2D eigenvalue weighted by Crippen LogP contribution is 2.26. The predicted octanol–water partition coefficient (Wildman–Crippen LogP) is 3.61. The van der Waals surface area contributed by atoms with Gasteiger partial charge in [-0.1, -0.05) is 23.7 Å². The summed E-state index contributed by atoms with van der Waals surface area (Å²) >= 11 is 6.12. The standard InChI is InChI=1S/C19H24ClN3O3/c1-23(2)9-10-26-16-6-4-5-14(11-16)13-21-19(24)22-18-8-7-15(25-3)12-17(18)20/h4-8,11-12H,9-10,13H2,1-3H3,(H2,21,22,24). The van der Waals surface area contributed by atoms with Crippen LogP contribution in [0.1, 0.15) is 5.56 Å². The Bertz CT molecular complexity index is 738. The van der Waals surface area contributed by atoms with E-state index in [2.05, 4.69) is 15.5 Å². The highest BCUT2D eigenvalue weighted by atomic mass is 35.5. The van der Waals surface area contributed by atoms with Gasteiger partial charge in [0.15, 0.2) is 0 Å². The van der Waals surface area contributed by atoms with Gasteiger partial charge in [0.1, 0.15) is 18.1 Å². The summed E-state index contributed by atoms with van der Waals surface area (Å²) in [6.45, 7) is 1.83. The van der Waals surface area contributed by atoms with Crippen molar-refractivity contribution in [3.05, 3.63) is 53.1 Å². The number of hydrogen-bond acceptors (Lipinski definition) is 4. The second-order valence-electron chi connectivity index (χ2n) is 5.95. The second-order valence-corrected chi connectivity index (χ2v) is 6.36. The minimum Gasteiger partial charge on any atom is -0.497 e. The Hall–Kier alpha value is -2.44. The maximum Gasteiger partial charge on any atom is 0.319 e. The lowest BCUT2D eigenvalue weighted by molar-refractivity contribution is 0.251. The maximum absolute atomic E-state index is 12.1. The Kier molecular flexibility index (Phi) is 7.56. The average molecular weight is 378 g/mol. The SMILES string of the molecule is COc1ccc(NC(=O)NCc2cccc(OCCN(C)C)c2)c(Cl)c1. The molecule has 0 spiro atoms. The van der Waals surface area contributed by atoms with Gasteiger partial charge in [-0.05, 0) is 43.9 Å². The molecule has 0 aromatic heterocycles. The number of ether oxygens (including phenoxy) is 2. The third kappa shape index (κ3) is 6.46. The molecule has 2 amide bonds. The van der Waals surface area contributed by atoms with Crippen LogP contribution in [0.25, 0.3) is 0 Å². The smallest absolute Gasteiger partial charge is 0.319 e. The normalized spacial score (nSPS) is 10.5. The van der Waals surface area contributed by atoms with E-state index in [1.54, 1.807) is 25.3 Å². The molecular weight excluding hydrogens is 354 g/mol. The lowest BCUT2D eigenvalue weighted by Gasteiger charge is -2.12. The maximum atomic E-state index is 12.1. The molecule has 2 aromatic rings. The van der Waals surface area contributed by atoms with Gasteiger partial charge in [0.25, 0.3) is 0 Å². The highest BCUT2D eigenvalue weighted by molar-refractivity contribution is 6.33. The number of hydrogen-bond donors (Lipinski definition) is 2. The van der Waals surface area contributed by atoms with Crippen LogP contribution in [0.4, 0.5) is 10.5 Å². The van der Waals surface area contributed by atoms with Crippen LogP contribution in [0.3, 0.4) is 0 Å². The Morgan fingerprint density at radius 1 is 1.15 bits per heavy atom. The number of rotatable bonds is 8. The van der Waals surface area contributed by atoms with E-state index in [0.29, 0.717) is 29.6 Å². The molecule has 0 fully saturated rings. The molecule has 0 aliphatic heterocycles. The van der Waals surface area contributed by atoms with Crippen LogP contribution in [0.5, 0.6) is 11.5 Å². The van der Waals surface area contributed by atoms with Crippen molar-refractivity contribution in [3.63, 3.8) is 0 Å². The number of nitrogens with one attached hydrogen (secondary N) is 2. The lowest BCUT2D eigenvalue weighted by atomic mass is 10.2. The van der Waals surface area contributed by atoms with Crippen LogP contribution >= 0.6 is 11.6 Å². The molecule has 2 rings (SSSR count). The number of carbonyl (C=O) groups is 1. The van der Waals surface area contributed by atoms with Gasteiger partial charge < -0.3 is 25.0 Å². The Morgan fingerprint density at radius 3 is 2.65 bits per heavy atom. The van der Waals surface area contributed by atoms with E-state index in [0.717, 1.165) is 17.9 Å². The van der Waals surface area contributed by atoms with Gasteiger partial charge >= 0.3 is 6.03 Å². The average Bonchev–Trinajstić information content (AvgIpc) is 2.62. The van der Waals surface area contributed by atoms with E-state index in [9.17, 15) is 4.79 Å². The van der Waals surface area contributed by atoms with E-state index < -0.39 is 0 Å². The quantitative estimate of drug-likeness (QED) is 0.737. The van der Waals surface area contributed by atoms with E-state index in [-0.39, 0.29) is 6.03 Å². The minimum atomic E-state index is -0.337. The summed E-state index contributed by atoms with van der Waals surface area (Å²) in [6, 6.07) is 12.4. The second kappa shape index (κ2) is 9.89. The molecule has 0 bridgehead atoms. The zero-order valence-corrected chi connectivity index (χ0v) is 16.0. The van der Waals surface area contributed by atoms with Gasteiger partial charge in [-0.15, -0.1) is 0 Å². The number of nitrogens with zero attached hydrogens (tertiary/aromatic N) is 1. The first-order valence-corrected chi connectivity index (χ1v) is 8.60. The molecule has 0 aliphatic rings. The fraction of sp³-hybridized carbons (Fsp3) is 0.316. The fourth-order valence-electron chi connectivity index (χ4n) is 2.16. The molecule has 0 unspecified atom stereocenters. The van der Waals surface area contributed by atoms with Crippen LogP contribution in [0, 0.1) is 0 Å². The summed E-state index contributed by atoms with van der Waals surface area (Å²) < 4.78 is 10.8. The summed E-state index contributed by atoms with van der Waals surface area (Å²) in [5.41, 5.74) is 1.47. The summed E-state index contributed by atoms with van der Waals surface area (Å²) in [7, 11) is 5.55. The minimum absolute atomic E-state index is 0.337. The topological polar surface area (TPSA) is 62.8 Å². The zero-order chi connectivity index (χ0) is 18.9. The molecule has 0 aliphatic carbocycles. The van der Waals surface area contributed by atoms with Gasteiger partial charge in [-0.2, -0.15) is 0 Å². The van der Waals surface area contributed by atoms with Crippen molar-refractivity contribution in [3.8, 4) is 11.5 Å². The summed E-state index contributed by atoms with van der Waals surface area (Å²) in [4.78, 5) is 14.1. The van der Waals surface area contributed by atoms with Crippen LogP contribution in [0.2, 0.25) is 5.02 Å². The first kappa shape index (κ1) is 19.9. The number of methoxy groups -OCH3 is 1. The summed E-state index contributed by atoms with van der Waals surface area (Å²) in [6.07, 6.45) is 0. The van der Waals surface area contributed by atoms with Crippen molar-refractivity contribution in [2.75, 3.05) is 39.7 Å². The van der Waals surface area contributed by atoms with Gasteiger partial charge in [-0.3, -0.25) is 0 Å². The highest BCUT2D eigenvalue weighted by Gasteiger charge is 2.07. The molecular formula is C19H24ClN3O3. The van der Waals surface area contributed by atoms with E-state index in [1.165, 1.54) is 0 Å². The molecule has 0 radical (unpaired) electrons. The number of likely N-dealkylation sites (N-methyl/N-ethyl adjacent to an activating group) is 1. The summed E-state index contributed by atoms with van der Waals surface area (Å²) in [5, 5.41) is 5.93. The van der Waals surface area contributed by atoms with Gasteiger partial charge in [0.05, 0.1) is 17.8 Å². The predicted molar refractivity (Wildman–Crippen MR) is 104 cm³/mol. The van der Waals surface area contributed by atoms with E-state index in [4.69, 9.17) is 21.1 Å². The number of halogens is 1. The molecule has 2 N–H and O–H groups in total. The molecule has 0 saturated heterocycles. The molecule has 0 heterocycles. The summed E-state index contributed by atoms with van der Waals surface area (Å²) in [5.74, 6) is 1.41. The molecule has 26 heavy (non-hydrogen) atoms. The van der Waals surface area contributed by atoms with E-state index in [1.807, 2.05) is 38.4 Å². The van der Waals surface area contributed by atoms with Crippen LogP contribution in [-0.4, -0.2) is 45.3 Å². The number of benzene rings is 2. The Morgan fingerprint density at radius 2 is 1.96 bits per heavy atom. The van der Waals surface area contributed by atoms with Crippen LogP contribution in [-0.2, 0) is 6.54 Å². The fourth-order valence-corrected chi connectivity index (χ4v) is 2.38. The lowest BCUT2D eigenvalue weighted by Crippen LogP contribution is -2.28. The van der Waals surface area contributed by atoms with Crippen molar-refractivity contribution in [2.24, 2.45) is 0 Å². The largest absolute Gasteiger partial charge is 0.497 e. The van der Waals surface area contributed by atoms with Crippen molar-refractivity contribution >= 4 is 23.3 Å². The third-order valence-electron chi connectivity index (χ3n) is 3.58. The first-order valence-electron chi connectivity index (χ1n) is 8.23. The number of anilines is 1. The van der Waals surface area contributed by atoms with Crippen molar-refractivity contribution in [2.45, 2.75) is 6.54 Å². The van der Waals surface area contributed by atoms with Crippen molar-refractivity contribution in [1.29, 1.82) is 0 Å². The Labute approximate surface area is 159 Å². The van der Waals surface area contributed by atoms with Crippen LogP contribution < -0.4 is 20.1 Å². The molecule has 140 valence electrons.